The van der Waals surface area contributed by atoms with Crippen LogP contribution in [-0.2, 0) is 25.7 Å². The molecule has 0 aliphatic rings. The van der Waals surface area contributed by atoms with Crippen LogP contribution in [-0.4, -0.2) is 30.6 Å². The minimum atomic E-state index is -0.538. The van der Waals surface area contributed by atoms with Gasteiger partial charge in [0.1, 0.15) is 5.75 Å². The highest BCUT2D eigenvalue weighted by Crippen LogP contribution is 2.35. The van der Waals surface area contributed by atoms with Crippen molar-refractivity contribution >= 4 is 0 Å². The van der Waals surface area contributed by atoms with E-state index >= 15 is 0 Å². The number of aromatic hydroxyl groups is 6. The lowest BCUT2D eigenvalue weighted by molar-refractivity contribution is 0.367. The molecule has 0 radical (unpaired) electrons. The third-order valence-electron chi connectivity index (χ3n) is 4.61. The molecule has 6 heteroatoms. The maximum Gasteiger partial charge on any atom is 0.200 e. The van der Waals surface area contributed by atoms with E-state index in [1.165, 1.54) is 24.3 Å². The fourth-order valence-corrected chi connectivity index (χ4v) is 3.14. The number of phenolic OH excluding ortho intramolecular Hbond substituents is 6. The Morgan fingerprint density at radius 1 is 0.429 bits per heavy atom. The van der Waals surface area contributed by atoms with Gasteiger partial charge < -0.3 is 30.6 Å². The van der Waals surface area contributed by atoms with Crippen molar-refractivity contribution in [2.24, 2.45) is 0 Å². The molecular formula is C22H22O6. The Hall–Kier alpha value is -3.54. The van der Waals surface area contributed by atoms with Crippen molar-refractivity contribution in [3.05, 3.63) is 70.8 Å². The van der Waals surface area contributed by atoms with E-state index in [0.29, 0.717) is 31.2 Å². The summed E-state index contributed by atoms with van der Waals surface area (Å²) >= 11 is 0. The summed E-state index contributed by atoms with van der Waals surface area (Å²) in [4.78, 5) is 0. The van der Waals surface area contributed by atoms with E-state index in [2.05, 4.69) is 0 Å². The van der Waals surface area contributed by atoms with Crippen LogP contribution in [0.25, 0.3) is 0 Å². The zero-order valence-corrected chi connectivity index (χ0v) is 15.1. The summed E-state index contributed by atoms with van der Waals surface area (Å²) in [5.41, 5.74) is 3.36. The molecule has 3 aromatic rings. The van der Waals surface area contributed by atoms with Gasteiger partial charge in [0.25, 0.3) is 0 Å². The first kappa shape index (κ1) is 19.2. The predicted octanol–water partition coefficient (Wildman–Crippen LogP) is 3.49. The quantitative estimate of drug-likeness (QED) is 0.363. The molecule has 0 spiro atoms. The van der Waals surface area contributed by atoms with Crippen molar-refractivity contribution in [2.45, 2.75) is 25.7 Å². The summed E-state index contributed by atoms with van der Waals surface area (Å²) in [6, 6.07) is 12.8. The number of phenols is 6. The van der Waals surface area contributed by atoms with Crippen molar-refractivity contribution in [1.82, 2.24) is 0 Å². The first-order valence-corrected chi connectivity index (χ1v) is 8.88. The second-order valence-electron chi connectivity index (χ2n) is 6.81. The van der Waals surface area contributed by atoms with Gasteiger partial charge in [-0.15, -0.1) is 0 Å². The normalized spacial score (nSPS) is 10.9. The molecule has 6 nitrogen and oxygen atoms in total. The summed E-state index contributed by atoms with van der Waals surface area (Å²) in [6.07, 6.45) is 2.37. The zero-order chi connectivity index (χ0) is 20.3. The Bertz CT molecular complexity index is 973. The lowest BCUT2D eigenvalue weighted by atomic mass is 9.98. The van der Waals surface area contributed by atoms with Gasteiger partial charge in [-0.3, -0.25) is 0 Å². The molecular weight excluding hydrogens is 360 g/mol. The van der Waals surface area contributed by atoms with Gasteiger partial charge in [0.05, 0.1) is 0 Å². The van der Waals surface area contributed by atoms with Crippen LogP contribution in [0.2, 0.25) is 0 Å². The van der Waals surface area contributed by atoms with Gasteiger partial charge in [-0.25, -0.2) is 0 Å². The molecule has 0 saturated carbocycles. The number of aryl methyl sites for hydroxylation is 4. The van der Waals surface area contributed by atoms with Crippen LogP contribution in [0, 0.1) is 0 Å². The number of benzene rings is 3. The van der Waals surface area contributed by atoms with Crippen molar-refractivity contribution in [3.63, 3.8) is 0 Å². The van der Waals surface area contributed by atoms with E-state index in [-0.39, 0.29) is 28.7 Å². The maximum absolute atomic E-state index is 10.0. The molecule has 0 heterocycles. The van der Waals surface area contributed by atoms with Crippen molar-refractivity contribution < 1.29 is 30.6 Å². The highest BCUT2D eigenvalue weighted by Gasteiger charge is 2.09. The Balaban J connectivity index is 1.68. The second-order valence-corrected chi connectivity index (χ2v) is 6.81. The highest BCUT2D eigenvalue weighted by atomic mass is 16.3. The van der Waals surface area contributed by atoms with Crippen molar-refractivity contribution in [1.29, 1.82) is 0 Å². The molecule has 0 amide bonds. The molecule has 0 atom stereocenters. The van der Waals surface area contributed by atoms with E-state index < -0.39 is 5.75 Å². The molecule has 0 aromatic heterocycles. The van der Waals surface area contributed by atoms with Gasteiger partial charge in [0.15, 0.2) is 28.7 Å². The minimum Gasteiger partial charge on any atom is -0.508 e. The van der Waals surface area contributed by atoms with E-state index in [0.717, 1.165) is 16.7 Å². The van der Waals surface area contributed by atoms with Crippen LogP contribution in [0.3, 0.4) is 0 Å². The topological polar surface area (TPSA) is 121 Å². The molecule has 3 rings (SSSR count). The fraction of sp³-hybridized carbons (Fsp3) is 0.182. The predicted molar refractivity (Wildman–Crippen MR) is 104 cm³/mol. The van der Waals surface area contributed by atoms with Gasteiger partial charge in [-0.05, 0) is 84.3 Å². The second kappa shape index (κ2) is 8.00. The number of rotatable bonds is 6. The standard InChI is InChI=1S/C22H22O6/c23-17-8-14(2-1-13-5-6-18(24)19(25)10-13)7-15(9-17)3-4-16-11-20(26)22(28)21(27)12-16/h5-12,23-28H,1-4H2. The monoisotopic (exact) mass is 382 g/mol. The Morgan fingerprint density at radius 2 is 0.893 bits per heavy atom. The molecule has 3 aromatic carbocycles. The van der Waals surface area contributed by atoms with E-state index in [9.17, 15) is 30.6 Å². The van der Waals surface area contributed by atoms with Gasteiger partial charge in [0, 0.05) is 0 Å². The summed E-state index contributed by atoms with van der Waals surface area (Å²) < 4.78 is 0. The Labute approximate surface area is 162 Å². The molecule has 6 N–H and O–H groups in total. The van der Waals surface area contributed by atoms with Gasteiger partial charge in [0.2, 0.25) is 0 Å². The summed E-state index contributed by atoms with van der Waals surface area (Å²) in [6.45, 7) is 0. The third-order valence-corrected chi connectivity index (χ3v) is 4.61. The molecule has 0 bridgehead atoms. The van der Waals surface area contributed by atoms with Gasteiger partial charge in [-0.2, -0.15) is 0 Å². The average molecular weight is 382 g/mol. The van der Waals surface area contributed by atoms with Crippen LogP contribution in [0.4, 0.5) is 0 Å². The Kier molecular flexibility index (Phi) is 5.49. The number of hydrogen-bond acceptors (Lipinski definition) is 6. The SMILES string of the molecule is Oc1cc(CCc2ccc(O)c(O)c2)cc(CCc2cc(O)c(O)c(O)c2)c1. The molecule has 0 aliphatic carbocycles. The fourth-order valence-electron chi connectivity index (χ4n) is 3.14. The maximum atomic E-state index is 10.0. The largest absolute Gasteiger partial charge is 0.508 e. The van der Waals surface area contributed by atoms with Crippen LogP contribution in [0.15, 0.2) is 48.5 Å². The van der Waals surface area contributed by atoms with Gasteiger partial charge in [-0.1, -0.05) is 12.1 Å². The smallest absolute Gasteiger partial charge is 0.200 e. The first-order chi connectivity index (χ1) is 13.3. The van der Waals surface area contributed by atoms with E-state index in [1.807, 2.05) is 6.07 Å². The third kappa shape index (κ3) is 4.59. The van der Waals surface area contributed by atoms with Crippen molar-refractivity contribution in [3.8, 4) is 34.5 Å². The van der Waals surface area contributed by atoms with Crippen LogP contribution in [0.1, 0.15) is 22.3 Å². The van der Waals surface area contributed by atoms with E-state index in [4.69, 9.17) is 0 Å². The summed E-state index contributed by atoms with van der Waals surface area (Å²) in [7, 11) is 0. The highest BCUT2D eigenvalue weighted by molar-refractivity contribution is 5.51. The lowest BCUT2D eigenvalue weighted by Crippen LogP contribution is -1.96. The average Bonchev–Trinajstić information content (AvgIpc) is 2.65. The number of hydrogen-bond donors (Lipinski definition) is 6. The summed E-state index contributed by atoms with van der Waals surface area (Å²) in [5, 5.41) is 57.6. The first-order valence-electron chi connectivity index (χ1n) is 8.88. The van der Waals surface area contributed by atoms with Crippen molar-refractivity contribution in [2.75, 3.05) is 0 Å². The minimum absolute atomic E-state index is 0.150. The van der Waals surface area contributed by atoms with E-state index in [1.54, 1.807) is 18.2 Å². The van der Waals surface area contributed by atoms with Gasteiger partial charge >= 0.3 is 0 Å². The lowest BCUT2D eigenvalue weighted by Gasteiger charge is -2.09. The molecule has 28 heavy (non-hydrogen) atoms. The molecule has 0 unspecified atom stereocenters. The van der Waals surface area contributed by atoms with Crippen LogP contribution >= 0.6 is 0 Å². The van der Waals surface area contributed by atoms with Crippen LogP contribution in [0.5, 0.6) is 34.5 Å². The molecule has 0 saturated heterocycles. The molecule has 0 aliphatic heterocycles. The Morgan fingerprint density at radius 3 is 1.43 bits per heavy atom. The molecule has 146 valence electrons. The summed E-state index contributed by atoms with van der Waals surface area (Å²) in [5.74, 6) is -1.45. The molecule has 0 fully saturated rings. The zero-order valence-electron chi connectivity index (χ0n) is 15.1. The van der Waals surface area contributed by atoms with Crippen LogP contribution < -0.4 is 0 Å².